The first-order valence-electron chi connectivity index (χ1n) is 9.54. The fraction of sp³-hybridized carbons (Fsp3) is 0.409. The van der Waals surface area contributed by atoms with Crippen molar-refractivity contribution in [2.24, 2.45) is 0 Å². The highest BCUT2D eigenvalue weighted by atomic mass is 35.5. The van der Waals surface area contributed by atoms with Gasteiger partial charge in [0.05, 0.1) is 23.9 Å². The molecule has 6 heteroatoms. The van der Waals surface area contributed by atoms with E-state index in [1.54, 1.807) is 7.11 Å². The molecule has 1 fully saturated rings. The number of hydrogen-bond donors (Lipinski definition) is 1. The summed E-state index contributed by atoms with van der Waals surface area (Å²) in [5.41, 5.74) is 4.14. The number of ether oxygens (including phenoxy) is 2. The van der Waals surface area contributed by atoms with Crippen LogP contribution in [-0.4, -0.2) is 36.4 Å². The molecule has 1 atom stereocenters. The number of benzene rings is 2. The van der Waals surface area contributed by atoms with E-state index < -0.39 is 0 Å². The van der Waals surface area contributed by atoms with Gasteiger partial charge in [-0.2, -0.15) is 0 Å². The Hall–Kier alpha value is -1.82. The van der Waals surface area contributed by atoms with E-state index in [1.807, 2.05) is 38.1 Å². The van der Waals surface area contributed by atoms with Crippen LogP contribution in [0.5, 0.6) is 5.75 Å². The number of rotatable bonds is 6. The maximum absolute atomic E-state index is 6.48. The Bertz CT molecular complexity index is 814. The minimum Gasteiger partial charge on any atom is -0.496 e. The van der Waals surface area contributed by atoms with Crippen LogP contribution < -0.4 is 10.1 Å². The summed E-state index contributed by atoms with van der Waals surface area (Å²) in [5.74, 6) is 0.854. The van der Waals surface area contributed by atoms with E-state index in [0.29, 0.717) is 16.7 Å². The standard InChI is InChI=1S/C22H27ClN2O2S/c1-15-11-16(2)21(19(23)12-15)24-22(28)25(14-18-8-6-10-27-18)13-17-7-4-5-9-20(17)26-3/h4-5,7,9,11-12,18H,6,8,10,13-14H2,1-3H3,(H,24,28). The highest BCUT2D eigenvalue weighted by molar-refractivity contribution is 7.80. The molecule has 1 aliphatic heterocycles. The van der Waals surface area contributed by atoms with Crippen molar-refractivity contribution in [1.82, 2.24) is 4.90 Å². The lowest BCUT2D eigenvalue weighted by molar-refractivity contribution is 0.0903. The van der Waals surface area contributed by atoms with Crippen LogP contribution in [0.25, 0.3) is 0 Å². The molecule has 0 aromatic heterocycles. The van der Waals surface area contributed by atoms with Crippen LogP contribution in [0.15, 0.2) is 36.4 Å². The number of anilines is 1. The first-order valence-corrected chi connectivity index (χ1v) is 10.3. The first kappa shape index (κ1) is 20.9. The molecule has 0 aliphatic carbocycles. The Morgan fingerprint density at radius 1 is 1.32 bits per heavy atom. The largest absolute Gasteiger partial charge is 0.496 e. The number of methoxy groups -OCH3 is 1. The molecule has 28 heavy (non-hydrogen) atoms. The lowest BCUT2D eigenvalue weighted by Gasteiger charge is -2.29. The molecular weight excluding hydrogens is 392 g/mol. The van der Waals surface area contributed by atoms with Gasteiger partial charge >= 0.3 is 0 Å². The summed E-state index contributed by atoms with van der Waals surface area (Å²) in [4.78, 5) is 2.14. The molecule has 4 nitrogen and oxygen atoms in total. The van der Waals surface area contributed by atoms with E-state index in [-0.39, 0.29) is 6.10 Å². The molecule has 0 radical (unpaired) electrons. The van der Waals surface area contributed by atoms with Gasteiger partial charge in [-0.1, -0.05) is 35.9 Å². The molecule has 1 saturated heterocycles. The molecular formula is C22H27ClN2O2S. The average molecular weight is 419 g/mol. The van der Waals surface area contributed by atoms with E-state index in [0.717, 1.165) is 54.1 Å². The van der Waals surface area contributed by atoms with Crippen molar-refractivity contribution >= 4 is 34.6 Å². The molecule has 2 aromatic rings. The van der Waals surface area contributed by atoms with Gasteiger partial charge in [0, 0.05) is 25.3 Å². The van der Waals surface area contributed by atoms with Crippen LogP contribution in [0, 0.1) is 13.8 Å². The van der Waals surface area contributed by atoms with Gasteiger partial charge in [0.25, 0.3) is 0 Å². The summed E-state index contributed by atoms with van der Waals surface area (Å²) in [7, 11) is 1.69. The number of para-hydroxylation sites is 1. The Labute approximate surface area is 177 Å². The van der Waals surface area contributed by atoms with Crippen molar-refractivity contribution in [1.29, 1.82) is 0 Å². The zero-order valence-corrected chi connectivity index (χ0v) is 18.2. The molecule has 3 rings (SSSR count). The lowest BCUT2D eigenvalue weighted by Crippen LogP contribution is -2.39. The van der Waals surface area contributed by atoms with Crippen molar-refractivity contribution in [2.75, 3.05) is 25.6 Å². The number of nitrogens with one attached hydrogen (secondary N) is 1. The molecule has 0 bridgehead atoms. The maximum Gasteiger partial charge on any atom is 0.173 e. The van der Waals surface area contributed by atoms with Gasteiger partial charge in [0.15, 0.2) is 5.11 Å². The maximum atomic E-state index is 6.48. The quantitative estimate of drug-likeness (QED) is 0.640. The number of halogens is 1. The van der Waals surface area contributed by atoms with Gasteiger partial charge in [0.2, 0.25) is 0 Å². The molecule has 1 unspecified atom stereocenters. The highest BCUT2D eigenvalue weighted by Gasteiger charge is 2.22. The second kappa shape index (κ2) is 9.59. The summed E-state index contributed by atoms with van der Waals surface area (Å²) >= 11 is 12.3. The van der Waals surface area contributed by atoms with Crippen LogP contribution in [0.3, 0.4) is 0 Å². The Kier molecular flexibility index (Phi) is 7.16. The van der Waals surface area contributed by atoms with Crippen LogP contribution >= 0.6 is 23.8 Å². The molecule has 1 aliphatic rings. The van der Waals surface area contributed by atoms with Crippen molar-refractivity contribution in [3.05, 3.63) is 58.1 Å². The van der Waals surface area contributed by atoms with Crippen molar-refractivity contribution < 1.29 is 9.47 Å². The van der Waals surface area contributed by atoms with Crippen LogP contribution in [-0.2, 0) is 11.3 Å². The zero-order chi connectivity index (χ0) is 20.1. The third kappa shape index (κ3) is 5.16. The Morgan fingerprint density at radius 3 is 2.79 bits per heavy atom. The van der Waals surface area contributed by atoms with E-state index in [4.69, 9.17) is 33.3 Å². The SMILES string of the molecule is COc1ccccc1CN(CC1CCCO1)C(=S)Nc1c(C)cc(C)cc1Cl. The van der Waals surface area contributed by atoms with Crippen LogP contribution in [0.4, 0.5) is 5.69 Å². The van der Waals surface area contributed by atoms with E-state index in [1.165, 1.54) is 0 Å². The fourth-order valence-corrected chi connectivity index (χ4v) is 4.16. The van der Waals surface area contributed by atoms with Gasteiger partial charge in [-0.05, 0) is 62.2 Å². The summed E-state index contributed by atoms with van der Waals surface area (Å²) in [6, 6.07) is 12.1. The van der Waals surface area contributed by atoms with Crippen LogP contribution in [0.1, 0.15) is 29.5 Å². The van der Waals surface area contributed by atoms with Crippen molar-refractivity contribution in [2.45, 2.75) is 39.3 Å². The second-order valence-electron chi connectivity index (χ2n) is 7.20. The summed E-state index contributed by atoms with van der Waals surface area (Å²) < 4.78 is 11.4. The number of aryl methyl sites for hydroxylation is 2. The van der Waals surface area contributed by atoms with Gasteiger partial charge in [0.1, 0.15) is 5.75 Å². The first-order chi connectivity index (χ1) is 13.5. The van der Waals surface area contributed by atoms with Gasteiger partial charge in [-0.25, -0.2) is 0 Å². The predicted octanol–water partition coefficient (Wildman–Crippen LogP) is 5.34. The van der Waals surface area contributed by atoms with Gasteiger partial charge in [-0.3, -0.25) is 0 Å². The zero-order valence-electron chi connectivity index (χ0n) is 16.6. The number of thiocarbonyl (C=S) groups is 1. The molecule has 150 valence electrons. The van der Waals surface area contributed by atoms with Gasteiger partial charge < -0.3 is 19.7 Å². The normalized spacial score (nSPS) is 16.1. The van der Waals surface area contributed by atoms with E-state index in [2.05, 4.69) is 22.3 Å². The highest BCUT2D eigenvalue weighted by Crippen LogP contribution is 2.28. The second-order valence-corrected chi connectivity index (χ2v) is 7.99. The fourth-order valence-electron chi connectivity index (χ4n) is 3.55. The smallest absolute Gasteiger partial charge is 0.173 e. The number of nitrogens with zero attached hydrogens (tertiary/aromatic N) is 1. The average Bonchev–Trinajstić information content (AvgIpc) is 3.17. The van der Waals surface area contributed by atoms with Crippen LogP contribution in [0.2, 0.25) is 5.02 Å². The monoisotopic (exact) mass is 418 g/mol. The summed E-state index contributed by atoms with van der Waals surface area (Å²) in [6.45, 7) is 6.25. The van der Waals surface area contributed by atoms with E-state index >= 15 is 0 Å². The van der Waals surface area contributed by atoms with Crippen molar-refractivity contribution in [3.63, 3.8) is 0 Å². The third-order valence-electron chi connectivity index (χ3n) is 4.95. The molecule has 0 amide bonds. The number of hydrogen-bond acceptors (Lipinski definition) is 3. The molecule has 0 saturated carbocycles. The molecule has 2 aromatic carbocycles. The lowest BCUT2D eigenvalue weighted by atomic mass is 10.1. The molecule has 1 heterocycles. The van der Waals surface area contributed by atoms with Gasteiger partial charge in [-0.15, -0.1) is 0 Å². The molecule has 1 N–H and O–H groups in total. The molecule has 0 spiro atoms. The Balaban J connectivity index is 1.82. The minimum absolute atomic E-state index is 0.184. The predicted molar refractivity (Wildman–Crippen MR) is 120 cm³/mol. The third-order valence-corrected chi connectivity index (χ3v) is 5.61. The topological polar surface area (TPSA) is 33.7 Å². The minimum atomic E-state index is 0.184. The van der Waals surface area contributed by atoms with E-state index in [9.17, 15) is 0 Å². The Morgan fingerprint density at radius 2 is 2.11 bits per heavy atom. The summed E-state index contributed by atoms with van der Waals surface area (Å²) in [5, 5.41) is 4.68. The summed E-state index contributed by atoms with van der Waals surface area (Å²) in [6.07, 6.45) is 2.33. The van der Waals surface area contributed by atoms with Crippen molar-refractivity contribution in [3.8, 4) is 5.75 Å².